The Morgan fingerprint density at radius 1 is 1.03 bits per heavy atom. The smallest absolute Gasteiger partial charge is 0.453 e. The molecule has 0 saturated carbocycles. The molecule has 6 nitrogen and oxygen atoms in total. The molecule has 3 aromatic carbocycles. The lowest BCUT2D eigenvalue weighted by atomic mass is 10.2. The molecular weight excluding hydrogens is 522 g/mol. The van der Waals surface area contributed by atoms with E-state index in [4.69, 9.17) is 37.1 Å². The molecular formula is C25H16Cl2F3NO5. The lowest BCUT2D eigenvalue weighted by molar-refractivity contribution is -0.154. The Balaban J connectivity index is 1.60. The van der Waals surface area contributed by atoms with Gasteiger partial charge in [-0.05, 0) is 43.3 Å². The Morgan fingerprint density at radius 3 is 2.42 bits per heavy atom. The van der Waals surface area contributed by atoms with Crippen LogP contribution < -0.4 is 20.2 Å². The van der Waals surface area contributed by atoms with Crippen molar-refractivity contribution in [2.24, 2.45) is 0 Å². The number of carbonyl (C=O) groups excluding carboxylic acids is 1. The largest absolute Gasteiger partial charge is 0.484 e. The number of nitrogens with one attached hydrogen (secondary N) is 1. The maximum Gasteiger partial charge on any atom is 0.453 e. The zero-order chi connectivity index (χ0) is 26.0. The van der Waals surface area contributed by atoms with Gasteiger partial charge in [0.2, 0.25) is 11.2 Å². The van der Waals surface area contributed by atoms with Crippen LogP contribution in [0.1, 0.15) is 11.3 Å². The van der Waals surface area contributed by atoms with Crippen molar-refractivity contribution in [3.8, 4) is 17.2 Å². The average molecular weight is 538 g/mol. The highest BCUT2D eigenvalue weighted by Gasteiger charge is 2.40. The predicted octanol–water partition coefficient (Wildman–Crippen LogP) is 7.24. The predicted molar refractivity (Wildman–Crippen MR) is 129 cm³/mol. The highest BCUT2D eigenvalue weighted by Crippen LogP contribution is 2.38. The van der Waals surface area contributed by atoms with Crippen LogP contribution in [-0.4, -0.2) is 12.5 Å². The number of benzene rings is 3. The maximum atomic E-state index is 13.7. The van der Waals surface area contributed by atoms with Crippen molar-refractivity contribution < 1.29 is 31.9 Å². The van der Waals surface area contributed by atoms with Gasteiger partial charge in [0, 0.05) is 6.07 Å². The fourth-order valence-electron chi connectivity index (χ4n) is 3.19. The van der Waals surface area contributed by atoms with Gasteiger partial charge in [0.25, 0.3) is 11.7 Å². The molecule has 0 aliphatic heterocycles. The van der Waals surface area contributed by atoms with Crippen LogP contribution in [-0.2, 0) is 11.0 Å². The zero-order valence-corrected chi connectivity index (χ0v) is 19.9. The van der Waals surface area contributed by atoms with Gasteiger partial charge >= 0.3 is 6.18 Å². The van der Waals surface area contributed by atoms with Gasteiger partial charge in [-0.25, -0.2) is 0 Å². The molecule has 0 saturated heterocycles. The number of fused-ring (bicyclic) bond motifs is 1. The molecule has 4 rings (SSSR count). The van der Waals surface area contributed by atoms with Crippen LogP contribution in [0, 0.1) is 6.92 Å². The highest BCUT2D eigenvalue weighted by atomic mass is 35.5. The van der Waals surface area contributed by atoms with E-state index in [0.717, 1.165) is 11.6 Å². The molecule has 186 valence electrons. The molecule has 0 bridgehead atoms. The van der Waals surface area contributed by atoms with Crippen LogP contribution in [0.5, 0.6) is 17.2 Å². The standard InChI is InChI=1S/C25H16Cl2F3NO5/c1-13-5-7-14(8-6-13)35-23-22(33)16-10-9-15(11-19(16)36-24(23)25(28,29)30)34-12-20(32)31-18-4-2-3-17(26)21(18)27/h2-11H,12H2,1H3,(H,31,32). The third kappa shape index (κ3) is 5.58. The van der Waals surface area contributed by atoms with Crippen LogP contribution in [0.2, 0.25) is 10.0 Å². The van der Waals surface area contributed by atoms with Gasteiger partial charge in [0.05, 0.1) is 21.1 Å². The van der Waals surface area contributed by atoms with E-state index in [0.29, 0.717) is 0 Å². The second kappa shape index (κ2) is 10.1. The topological polar surface area (TPSA) is 77.8 Å². The third-order valence-electron chi connectivity index (χ3n) is 4.92. The minimum absolute atomic E-state index is 0.00156. The number of rotatable bonds is 6. The van der Waals surface area contributed by atoms with E-state index in [1.807, 2.05) is 0 Å². The monoisotopic (exact) mass is 537 g/mol. The molecule has 0 atom stereocenters. The summed E-state index contributed by atoms with van der Waals surface area (Å²) < 4.78 is 56.9. The number of amides is 1. The van der Waals surface area contributed by atoms with Crippen LogP contribution in [0.3, 0.4) is 0 Å². The Hall–Kier alpha value is -3.69. The van der Waals surface area contributed by atoms with Gasteiger partial charge in [0.1, 0.15) is 17.1 Å². The van der Waals surface area contributed by atoms with Crippen LogP contribution in [0.15, 0.2) is 69.9 Å². The van der Waals surface area contributed by atoms with E-state index in [2.05, 4.69) is 5.32 Å². The molecule has 0 fully saturated rings. The van der Waals surface area contributed by atoms with Gasteiger partial charge in [0.15, 0.2) is 6.61 Å². The molecule has 4 aromatic rings. The quantitative estimate of drug-likeness (QED) is 0.280. The average Bonchev–Trinajstić information content (AvgIpc) is 2.83. The fraction of sp³-hybridized carbons (Fsp3) is 0.120. The summed E-state index contributed by atoms with van der Waals surface area (Å²) in [6.45, 7) is 1.30. The Morgan fingerprint density at radius 2 is 1.72 bits per heavy atom. The Kier molecular flexibility index (Phi) is 7.14. The number of carbonyl (C=O) groups is 1. The van der Waals surface area contributed by atoms with Crippen molar-refractivity contribution in [2.45, 2.75) is 13.1 Å². The summed E-state index contributed by atoms with van der Waals surface area (Å²) in [5, 5.41) is 2.74. The molecule has 1 heterocycles. The first-order chi connectivity index (χ1) is 17.0. The Bertz CT molecular complexity index is 1500. The minimum atomic E-state index is -5.01. The normalized spacial score (nSPS) is 11.4. The van der Waals surface area contributed by atoms with Crippen molar-refractivity contribution in [1.82, 2.24) is 0 Å². The molecule has 0 aliphatic rings. The van der Waals surface area contributed by atoms with Gasteiger partial charge in [-0.2, -0.15) is 13.2 Å². The number of anilines is 1. The van der Waals surface area contributed by atoms with Crippen LogP contribution in [0.25, 0.3) is 11.0 Å². The van der Waals surface area contributed by atoms with Gasteiger partial charge in [-0.3, -0.25) is 9.59 Å². The molecule has 0 spiro atoms. The van der Waals surface area contributed by atoms with Crippen molar-refractivity contribution in [2.75, 3.05) is 11.9 Å². The van der Waals surface area contributed by atoms with Crippen molar-refractivity contribution in [3.63, 3.8) is 0 Å². The lowest BCUT2D eigenvalue weighted by Crippen LogP contribution is -2.20. The van der Waals surface area contributed by atoms with E-state index in [9.17, 15) is 22.8 Å². The fourth-order valence-corrected chi connectivity index (χ4v) is 3.53. The number of alkyl halides is 3. The minimum Gasteiger partial charge on any atom is -0.484 e. The third-order valence-corrected chi connectivity index (χ3v) is 5.74. The molecule has 1 amide bonds. The van der Waals surface area contributed by atoms with Crippen molar-refractivity contribution >= 4 is 45.8 Å². The zero-order valence-electron chi connectivity index (χ0n) is 18.4. The number of hydrogen-bond donors (Lipinski definition) is 1. The number of halogens is 5. The molecule has 1 N–H and O–H groups in total. The molecule has 0 radical (unpaired) electrons. The summed E-state index contributed by atoms with van der Waals surface area (Å²) in [6.07, 6.45) is -5.01. The van der Waals surface area contributed by atoms with E-state index in [1.54, 1.807) is 31.2 Å². The summed E-state index contributed by atoms with van der Waals surface area (Å²) in [5.41, 5.74) is -0.276. The first kappa shape index (κ1) is 25.4. The first-order valence-electron chi connectivity index (χ1n) is 10.3. The van der Waals surface area contributed by atoms with Gasteiger partial charge in [-0.1, -0.05) is 47.0 Å². The number of ether oxygens (including phenoxy) is 2. The summed E-state index contributed by atoms with van der Waals surface area (Å²) in [7, 11) is 0. The first-order valence-corrected chi connectivity index (χ1v) is 11.1. The lowest BCUT2D eigenvalue weighted by Gasteiger charge is -2.14. The van der Waals surface area contributed by atoms with Crippen molar-refractivity contribution in [1.29, 1.82) is 0 Å². The molecule has 0 unspecified atom stereocenters. The van der Waals surface area contributed by atoms with Crippen LogP contribution in [0.4, 0.5) is 18.9 Å². The van der Waals surface area contributed by atoms with Crippen molar-refractivity contribution in [3.05, 3.63) is 92.3 Å². The summed E-state index contributed by atoms with van der Waals surface area (Å²) in [4.78, 5) is 25.1. The second-order valence-electron chi connectivity index (χ2n) is 7.60. The van der Waals surface area contributed by atoms with Crippen LogP contribution >= 0.6 is 23.2 Å². The van der Waals surface area contributed by atoms with E-state index < -0.39 is 35.6 Å². The Labute approximate surface area is 212 Å². The number of aryl methyl sites for hydroxylation is 1. The molecule has 36 heavy (non-hydrogen) atoms. The summed E-state index contributed by atoms with van der Waals surface area (Å²) in [6, 6.07) is 14.4. The maximum absolute atomic E-state index is 13.7. The molecule has 0 aliphatic carbocycles. The molecule has 11 heteroatoms. The second-order valence-corrected chi connectivity index (χ2v) is 8.38. The van der Waals surface area contributed by atoms with Gasteiger partial charge in [-0.15, -0.1) is 0 Å². The summed E-state index contributed by atoms with van der Waals surface area (Å²) in [5.74, 6) is -3.13. The van der Waals surface area contributed by atoms with E-state index in [1.165, 1.54) is 30.3 Å². The van der Waals surface area contributed by atoms with E-state index in [-0.39, 0.29) is 38.2 Å². The molecule has 1 aromatic heterocycles. The van der Waals surface area contributed by atoms with E-state index >= 15 is 0 Å². The highest BCUT2D eigenvalue weighted by molar-refractivity contribution is 6.44. The van der Waals surface area contributed by atoms with Gasteiger partial charge < -0.3 is 19.2 Å². The number of hydrogen-bond acceptors (Lipinski definition) is 5. The summed E-state index contributed by atoms with van der Waals surface area (Å²) >= 11 is 11.9. The SMILES string of the molecule is Cc1ccc(Oc2c(C(F)(F)F)oc3cc(OCC(=O)Nc4cccc(Cl)c4Cl)ccc3c2=O)cc1.